The zero-order valence-electron chi connectivity index (χ0n) is 8.73. The average molecular weight is 230 g/mol. The molecule has 2 rings (SSSR count). The summed E-state index contributed by atoms with van der Waals surface area (Å²) in [5.41, 5.74) is 2.07. The highest BCUT2D eigenvalue weighted by Gasteiger charge is 1.92. The molecule has 0 spiro atoms. The van der Waals surface area contributed by atoms with Gasteiger partial charge in [-0.3, -0.25) is 0 Å². The molecule has 0 saturated carbocycles. The summed E-state index contributed by atoms with van der Waals surface area (Å²) in [7, 11) is 0. The Kier molecular flexibility index (Phi) is 3.62. The van der Waals surface area contributed by atoms with Gasteiger partial charge in [-0.2, -0.15) is 0 Å². The van der Waals surface area contributed by atoms with Crippen molar-refractivity contribution in [2.24, 2.45) is 0 Å². The molecule has 2 aromatic rings. The number of halogens is 1. The number of anilines is 1. The fourth-order valence-electron chi connectivity index (χ4n) is 1.37. The van der Waals surface area contributed by atoms with Crippen molar-refractivity contribution in [3.63, 3.8) is 0 Å². The van der Waals surface area contributed by atoms with Gasteiger partial charge in [0.2, 0.25) is 0 Å². The molecule has 0 amide bonds. The van der Waals surface area contributed by atoms with Gasteiger partial charge in [-0.05, 0) is 29.8 Å². The zero-order valence-corrected chi connectivity index (χ0v) is 9.48. The van der Waals surface area contributed by atoms with E-state index in [2.05, 4.69) is 5.32 Å². The van der Waals surface area contributed by atoms with Gasteiger partial charge in [-0.25, -0.2) is 0 Å². The Hall–Kier alpha value is -1.73. The topological polar surface area (TPSA) is 12.0 Å². The highest BCUT2D eigenvalue weighted by Crippen LogP contribution is 2.16. The standard InChI is InChI=1S/C14H12ClN/c15-14-9-5-4-6-12(14)10-11-16-13-7-2-1-3-8-13/h1-11,16H. The molecule has 0 fully saturated rings. The lowest BCUT2D eigenvalue weighted by Gasteiger charge is -2.00. The van der Waals surface area contributed by atoms with Crippen LogP contribution in [-0.2, 0) is 0 Å². The van der Waals surface area contributed by atoms with Gasteiger partial charge in [0.05, 0.1) is 0 Å². The Morgan fingerprint density at radius 1 is 0.875 bits per heavy atom. The van der Waals surface area contributed by atoms with E-state index >= 15 is 0 Å². The molecule has 0 atom stereocenters. The molecule has 0 aliphatic carbocycles. The molecule has 2 aromatic carbocycles. The third-order valence-electron chi connectivity index (χ3n) is 2.19. The van der Waals surface area contributed by atoms with Crippen molar-refractivity contribution >= 4 is 23.4 Å². The van der Waals surface area contributed by atoms with E-state index in [0.29, 0.717) is 0 Å². The van der Waals surface area contributed by atoms with Crippen LogP contribution < -0.4 is 5.32 Å². The number of rotatable bonds is 3. The highest BCUT2D eigenvalue weighted by molar-refractivity contribution is 6.32. The van der Waals surface area contributed by atoms with Crippen molar-refractivity contribution in [3.8, 4) is 0 Å². The number of nitrogens with one attached hydrogen (secondary N) is 1. The minimum atomic E-state index is 0.758. The van der Waals surface area contributed by atoms with Crippen molar-refractivity contribution in [1.82, 2.24) is 0 Å². The van der Waals surface area contributed by atoms with Gasteiger partial charge >= 0.3 is 0 Å². The van der Waals surface area contributed by atoms with E-state index in [9.17, 15) is 0 Å². The molecular weight excluding hydrogens is 218 g/mol. The Morgan fingerprint density at radius 3 is 2.31 bits per heavy atom. The maximum Gasteiger partial charge on any atom is 0.0478 e. The zero-order chi connectivity index (χ0) is 11.2. The van der Waals surface area contributed by atoms with Crippen LogP contribution in [0.5, 0.6) is 0 Å². The molecule has 1 nitrogen and oxygen atoms in total. The molecule has 0 unspecified atom stereocenters. The largest absolute Gasteiger partial charge is 0.362 e. The van der Waals surface area contributed by atoms with Gasteiger partial charge in [-0.1, -0.05) is 48.0 Å². The maximum absolute atomic E-state index is 6.03. The number of benzene rings is 2. The Bertz CT molecular complexity index is 477. The van der Waals surface area contributed by atoms with E-state index in [-0.39, 0.29) is 0 Å². The maximum atomic E-state index is 6.03. The summed E-state index contributed by atoms with van der Waals surface area (Å²) in [5, 5.41) is 3.94. The Morgan fingerprint density at radius 2 is 1.56 bits per heavy atom. The summed E-state index contributed by atoms with van der Waals surface area (Å²) in [6, 6.07) is 17.7. The molecule has 80 valence electrons. The average Bonchev–Trinajstić information content (AvgIpc) is 2.33. The van der Waals surface area contributed by atoms with Crippen LogP contribution in [0.25, 0.3) is 6.08 Å². The van der Waals surface area contributed by atoms with Crippen LogP contribution in [0.3, 0.4) is 0 Å². The molecule has 0 saturated heterocycles. The van der Waals surface area contributed by atoms with Crippen molar-refractivity contribution in [3.05, 3.63) is 71.4 Å². The second-order valence-corrected chi connectivity index (χ2v) is 3.77. The molecule has 2 heteroatoms. The monoisotopic (exact) mass is 229 g/mol. The third-order valence-corrected chi connectivity index (χ3v) is 2.54. The van der Waals surface area contributed by atoms with Crippen LogP contribution in [0.2, 0.25) is 5.02 Å². The van der Waals surface area contributed by atoms with Crippen LogP contribution in [0, 0.1) is 0 Å². The van der Waals surface area contributed by atoms with Crippen LogP contribution in [0.15, 0.2) is 60.8 Å². The summed E-state index contributed by atoms with van der Waals surface area (Å²) >= 11 is 6.03. The SMILES string of the molecule is Clc1ccccc1C=CNc1ccccc1. The van der Waals surface area contributed by atoms with Crippen molar-refractivity contribution in [2.45, 2.75) is 0 Å². The molecule has 0 heterocycles. The van der Waals surface area contributed by atoms with E-state index in [1.54, 1.807) is 0 Å². The molecule has 16 heavy (non-hydrogen) atoms. The van der Waals surface area contributed by atoms with E-state index in [0.717, 1.165) is 16.3 Å². The Balaban J connectivity index is 2.03. The summed E-state index contributed by atoms with van der Waals surface area (Å²) in [5.74, 6) is 0. The third kappa shape index (κ3) is 2.88. The lowest BCUT2D eigenvalue weighted by atomic mass is 10.2. The molecular formula is C14H12ClN. The van der Waals surface area contributed by atoms with Crippen LogP contribution in [0.1, 0.15) is 5.56 Å². The minimum Gasteiger partial charge on any atom is -0.362 e. The van der Waals surface area contributed by atoms with Crippen LogP contribution >= 0.6 is 11.6 Å². The quantitative estimate of drug-likeness (QED) is 0.822. The lowest BCUT2D eigenvalue weighted by molar-refractivity contribution is 1.58. The first-order chi connectivity index (χ1) is 7.86. The van der Waals surface area contributed by atoms with Crippen molar-refractivity contribution in [1.29, 1.82) is 0 Å². The highest BCUT2D eigenvalue weighted by atomic mass is 35.5. The number of hydrogen-bond donors (Lipinski definition) is 1. The Labute approximate surface area is 100 Å². The minimum absolute atomic E-state index is 0.758. The summed E-state index contributed by atoms with van der Waals surface area (Å²) in [6.45, 7) is 0. The first-order valence-corrected chi connectivity index (χ1v) is 5.47. The fraction of sp³-hybridized carbons (Fsp3) is 0. The predicted molar refractivity (Wildman–Crippen MR) is 70.6 cm³/mol. The summed E-state index contributed by atoms with van der Waals surface area (Å²) in [6.07, 6.45) is 3.84. The predicted octanol–water partition coefficient (Wildman–Crippen LogP) is 4.42. The smallest absolute Gasteiger partial charge is 0.0478 e. The van der Waals surface area contributed by atoms with Crippen molar-refractivity contribution < 1.29 is 0 Å². The molecule has 0 radical (unpaired) electrons. The van der Waals surface area contributed by atoms with E-state index in [1.165, 1.54) is 0 Å². The van der Waals surface area contributed by atoms with Gasteiger partial charge in [0.15, 0.2) is 0 Å². The molecule has 0 aromatic heterocycles. The molecule has 0 aliphatic rings. The van der Waals surface area contributed by atoms with Gasteiger partial charge in [0.1, 0.15) is 0 Å². The van der Waals surface area contributed by atoms with Crippen LogP contribution in [-0.4, -0.2) is 0 Å². The van der Waals surface area contributed by atoms with E-state index < -0.39 is 0 Å². The first-order valence-electron chi connectivity index (χ1n) is 5.09. The molecule has 1 N–H and O–H groups in total. The van der Waals surface area contributed by atoms with Crippen molar-refractivity contribution in [2.75, 3.05) is 5.32 Å². The molecule has 0 aliphatic heterocycles. The second-order valence-electron chi connectivity index (χ2n) is 3.37. The summed E-state index contributed by atoms with van der Waals surface area (Å²) in [4.78, 5) is 0. The van der Waals surface area contributed by atoms with E-state index in [1.807, 2.05) is 66.9 Å². The van der Waals surface area contributed by atoms with Crippen LogP contribution in [0.4, 0.5) is 5.69 Å². The van der Waals surface area contributed by atoms with Gasteiger partial charge in [-0.15, -0.1) is 0 Å². The number of para-hydroxylation sites is 1. The fourth-order valence-corrected chi connectivity index (χ4v) is 1.57. The number of hydrogen-bond acceptors (Lipinski definition) is 1. The van der Waals surface area contributed by atoms with Gasteiger partial charge in [0, 0.05) is 16.9 Å². The van der Waals surface area contributed by atoms with Gasteiger partial charge < -0.3 is 5.32 Å². The normalized spacial score (nSPS) is 10.6. The lowest BCUT2D eigenvalue weighted by Crippen LogP contribution is -1.85. The summed E-state index contributed by atoms with van der Waals surface area (Å²) < 4.78 is 0. The first kappa shape index (κ1) is 10.8. The van der Waals surface area contributed by atoms with E-state index in [4.69, 9.17) is 11.6 Å². The van der Waals surface area contributed by atoms with Gasteiger partial charge in [0.25, 0.3) is 0 Å². The second kappa shape index (κ2) is 5.38. The molecule has 0 bridgehead atoms.